The van der Waals surface area contributed by atoms with Crippen LogP contribution in [0.15, 0.2) is 42.6 Å². The molecule has 110 valence electrons. The Morgan fingerprint density at radius 3 is 2.71 bits per heavy atom. The maximum Gasteiger partial charge on any atom is 0.0594 e. The molecular formula is C18H22N2O. The van der Waals surface area contributed by atoms with Gasteiger partial charge >= 0.3 is 0 Å². The van der Waals surface area contributed by atoms with Crippen molar-refractivity contribution in [2.45, 2.75) is 19.9 Å². The minimum absolute atomic E-state index is 0.854. The Morgan fingerprint density at radius 2 is 1.90 bits per heavy atom. The van der Waals surface area contributed by atoms with Crippen LogP contribution >= 0.6 is 0 Å². The summed E-state index contributed by atoms with van der Waals surface area (Å²) in [5.41, 5.74) is 5.11. The SMILES string of the molecule is Cc1ccnc(Cc2cccc(CN3CCOCC3)c2)c1. The third kappa shape index (κ3) is 4.13. The van der Waals surface area contributed by atoms with Gasteiger partial charge in [0.25, 0.3) is 0 Å². The summed E-state index contributed by atoms with van der Waals surface area (Å²) in [5.74, 6) is 0. The lowest BCUT2D eigenvalue weighted by molar-refractivity contribution is 0.0342. The Balaban J connectivity index is 1.67. The molecule has 3 heteroatoms. The molecule has 1 aliphatic rings. The quantitative estimate of drug-likeness (QED) is 0.862. The van der Waals surface area contributed by atoms with Gasteiger partial charge in [0.1, 0.15) is 0 Å². The minimum atomic E-state index is 0.854. The van der Waals surface area contributed by atoms with Gasteiger partial charge in [-0.15, -0.1) is 0 Å². The van der Waals surface area contributed by atoms with Gasteiger partial charge in [0.05, 0.1) is 13.2 Å². The van der Waals surface area contributed by atoms with Crippen LogP contribution in [0.4, 0.5) is 0 Å². The van der Waals surface area contributed by atoms with Crippen LogP contribution < -0.4 is 0 Å². The first kappa shape index (κ1) is 14.2. The highest BCUT2D eigenvalue weighted by molar-refractivity contribution is 5.28. The van der Waals surface area contributed by atoms with Crippen molar-refractivity contribution in [3.63, 3.8) is 0 Å². The number of benzene rings is 1. The summed E-state index contributed by atoms with van der Waals surface area (Å²) in [6.07, 6.45) is 2.79. The second-order valence-electron chi connectivity index (χ2n) is 5.71. The predicted molar refractivity (Wildman–Crippen MR) is 84.3 cm³/mol. The number of ether oxygens (including phenoxy) is 1. The third-order valence-corrected chi connectivity index (χ3v) is 3.86. The number of nitrogens with zero attached hydrogens (tertiary/aromatic N) is 2. The van der Waals surface area contributed by atoms with Crippen LogP contribution in [0.25, 0.3) is 0 Å². The molecule has 0 spiro atoms. The third-order valence-electron chi connectivity index (χ3n) is 3.86. The highest BCUT2D eigenvalue weighted by Gasteiger charge is 2.10. The molecule has 3 rings (SSSR count). The van der Waals surface area contributed by atoms with Gasteiger partial charge in [0.2, 0.25) is 0 Å². The van der Waals surface area contributed by atoms with Crippen molar-refractivity contribution in [3.05, 3.63) is 65.0 Å². The first-order valence-electron chi connectivity index (χ1n) is 7.59. The molecule has 2 aromatic rings. The van der Waals surface area contributed by atoms with E-state index in [-0.39, 0.29) is 0 Å². The predicted octanol–water partition coefficient (Wildman–Crippen LogP) is 2.81. The van der Waals surface area contributed by atoms with Crippen molar-refractivity contribution in [2.24, 2.45) is 0 Å². The maximum absolute atomic E-state index is 5.40. The van der Waals surface area contributed by atoms with Gasteiger partial charge in [-0.3, -0.25) is 9.88 Å². The molecule has 2 heterocycles. The first-order chi connectivity index (χ1) is 10.3. The van der Waals surface area contributed by atoms with Gasteiger partial charge in [-0.25, -0.2) is 0 Å². The summed E-state index contributed by atoms with van der Waals surface area (Å²) in [6.45, 7) is 6.89. The highest BCUT2D eigenvalue weighted by Crippen LogP contribution is 2.13. The zero-order valence-corrected chi connectivity index (χ0v) is 12.6. The lowest BCUT2D eigenvalue weighted by atomic mass is 10.0. The number of aromatic nitrogens is 1. The average molecular weight is 282 g/mol. The first-order valence-corrected chi connectivity index (χ1v) is 7.59. The van der Waals surface area contributed by atoms with Gasteiger partial charge in [-0.1, -0.05) is 24.3 Å². The number of rotatable bonds is 4. The van der Waals surface area contributed by atoms with Crippen molar-refractivity contribution in [1.82, 2.24) is 9.88 Å². The molecule has 0 atom stereocenters. The van der Waals surface area contributed by atoms with E-state index in [1.807, 2.05) is 12.3 Å². The Kier molecular flexibility index (Phi) is 4.63. The van der Waals surface area contributed by atoms with E-state index >= 15 is 0 Å². The average Bonchev–Trinajstić information content (AvgIpc) is 2.49. The number of morpholine rings is 1. The van der Waals surface area contributed by atoms with Crippen LogP contribution in [0.5, 0.6) is 0 Å². The fraction of sp³-hybridized carbons (Fsp3) is 0.389. The van der Waals surface area contributed by atoms with Crippen LogP contribution in [0.3, 0.4) is 0 Å². The van der Waals surface area contributed by atoms with E-state index in [0.717, 1.165) is 45.0 Å². The highest BCUT2D eigenvalue weighted by atomic mass is 16.5. The van der Waals surface area contributed by atoms with E-state index in [4.69, 9.17) is 4.74 Å². The summed E-state index contributed by atoms with van der Waals surface area (Å²) in [5, 5.41) is 0. The van der Waals surface area contributed by atoms with Crippen molar-refractivity contribution >= 4 is 0 Å². The lowest BCUT2D eigenvalue weighted by Crippen LogP contribution is -2.35. The molecule has 0 N–H and O–H groups in total. The summed E-state index contributed by atoms with van der Waals surface area (Å²) >= 11 is 0. The van der Waals surface area contributed by atoms with Gasteiger partial charge in [-0.05, 0) is 35.7 Å². The largest absolute Gasteiger partial charge is 0.379 e. The molecule has 0 amide bonds. The molecule has 3 nitrogen and oxygen atoms in total. The topological polar surface area (TPSA) is 25.4 Å². The zero-order valence-electron chi connectivity index (χ0n) is 12.6. The van der Waals surface area contributed by atoms with Crippen LogP contribution in [0.2, 0.25) is 0 Å². The molecule has 0 bridgehead atoms. The van der Waals surface area contributed by atoms with Gasteiger partial charge in [-0.2, -0.15) is 0 Å². The van der Waals surface area contributed by atoms with E-state index in [0.29, 0.717) is 0 Å². The van der Waals surface area contributed by atoms with Gasteiger partial charge in [0.15, 0.2) is 0 Å². The molecule has 0 aliphatic carbocycles. The van der Waals surface area contributed by atoms with Crippen molar-refractivity contribution in [1.29, 1.82) is 0 Å². The number of pyridine rings is 1. The standard InChI is InChI=1S/C18H22N2O/c1-15-5-6-19-18(11-15)13-16-3-2-4-17(12-16)14-20-7-9-21-10-8-20/h2-6,11-12H,7-10,13-14H2,1H3. The number of hydrogen-bond acceptors (Lipinski definition) is 3. The van der Waals surface area contributed by atoms with E-state index < -0.39 is 0 Å². The summed E-state index contributed by atoms with van der Waals surface area (Å²) in [6, 6.07) is 13.1. The second-order valence-corrected chi connectivity index (χ2v) is 5.71. The Morgan fingerprint density at radius 1 is 1.10 bits per heavy atom. The molecule has 0 unspecified atom stereocenters. The molecular weight excluding hydrogens is 260 g/mol. The fourth-order valence-corrected chi connectivity index (χ4v) is 2.76. The molecule has 1 aliphatic heterocycles. The van der Waals surface area contributed by atoms with Crippen LogP contribution in [0.1, 0.15) is 22.4 Å². The summed E-state index contributed by atoms with van der Waals surface area (Å²) in [7, 11) is 0. The number of hydrogen-bond donors (Lipinski definition) is 0. The molecule has 1 saturated heterocycles. The van der Waals surface area contributed by atoms with Crippen LogP contribution in [0, 0.1) is 6.92 Å². The lowest BCUT2D eigenvalue weighted by Gasteiger charge is -2.26. The molecule has 21 heavy (non-hydrogen) atoms. The second kappa shape index (κ2) is 6.83. The van der Waals surface area contributed by atoms with Crippen molar-refractivity contribution in [3.8, 4) is 0 Å². The van der Waals surface area contributed by atoms with Gasteiger partial charge in [0, 0.05) is 37.9 Å². The zero-order chi connectivity index (χ0) is 14.5. The van der Waals surface area contributed by atoms with Gasteiger partial charge < -0.3 is 4.74 Å². The summed E-state index contributed by atoms with van der Waals surface area (Å²) in [4.78, 5) is 6.91. The Bertz CT molecular complexity index is 591. The molecule has 0 saturated carbocycles. The Labute approximate surface area is 126 Å². The minimum Gasteiger partial charge on any atom is -0.379 e. The molecule has 1 fully saturated rings. The summed E-state index contributed by atoms with van der Waals surface area (Å²) < 4.78 is 5.40. The Hall–Kier alpha value is -1.71. The monoisotopic (exact) mass is 282 g/mol. The van der Waals surface area contributed by atoms with E-state index in [9.17, 15) is 0 Å². The molecule has 1 aromatic carbocycles. The van der Waals surface area contributed by atoms with Crippen LogP contribution in [-0.4, -0.2) is 36.2 Å². The smallest absolute Gasteiger partial charge is 0.0594 e. The van der Waals surface area contributed by atoms with E-state index in [1.54, 1.807) is 0 Å². The maximum atomic E-state index is 5.40. The number of aryl methyl sites for hydroxylation is 1. The van der Waals surface area contributed by atoms with Crippen LogP contribution in [-0.2, 0) is 17.7 Å². The van der Waals surface area contributed by atoms with Crippen molar-refractivity contribution in [2.75, 3.05) is 26.3 Å². The molecule has 0 radical (unpaired) electrons. The normalized spacial score (nSPS) is 16.0. The van der Waals surface area contributed by atoms with E-state index in [1.165, 1.54) is 16.7 Å². The van der Waals surface area contributed by atoms with E-state index in [2.05, 4.69) is 47.1 Å². The molecule has 1 aromatic heterocycles. The fourth-order valence-electron chi connectivity index (χ4n) is 2.76. The van der Waals surface area contributed by atoms with Crippen molar-refractivity contribution < 1.29 is 4.74 Å².